The summed E-state index contributed by atoms with van der Waals surface area (Å²) in [6.07, 6.45) is -3.16. The highest BCUT2D eigenvalue weighted by Gasteiger charge is 2.33. The third kappa shape index (κ3) is 5.93. The van der Waals surface area contributed by atoms with Crippen molar-refractivity contribution < 1.29 is 18.0 Å². The molecule has 0 radical (unpaired) electrons. The lowest BCUT2D eigenvalue weighted by Gasteiger charge is -2.23. The average Bonchev–Trinajstić information content (AvgIpc) is 2.96. The molecule has 0 aromatic carbocycles. The second kappa shape index (κ2) is 8.09. The highest BCUT2D eigenvalue weighted by atomic mass is 19.4. The van der Waals surface area contributed by atoms with Crippen molar-refractivity contribution in [3.63, 3.8) is 0 Å². The highest BCUT2D eigenvalue weighted by Crippen LogP contribution is 2.27. The lowest BCUT2D eigenvalue weighted by Crippen LogP contribution is -2.36. The van der Waals surface area contributed by atoms with E-state index in [1.165, 1.54) is 6.92 Å². The Kier molecular flexibility index (Phi) is 6.34. The fourth-order valence-electron chi connectivity index (χ4n) is 2.85. The molecule has 0 spiro atoms. The van der Waals surface area contributed by atoms with Crippen molar-refractivity contribution in [3.05, 3.63) is 23.3 Å². The van der Waals surface area contributed by atoms with Crippen LogP contribution in [0.2, 0.25) is 0 Å². The molecule has 1 fully saturated rings. The zero-order chi connectivity index (χ0) is 18.6. The number of hydrogen-bond acceptors (Lipinski definition) is 5. The molecule has 0 aliphatic carbocycles. The van der Waals surface area contributed by atoms with Crippen LogP contribution in [-0.2, 0) is 17.5 Å². The van der Waals surface area contributed by atoms with E-state index in [-0.39, 0.29) is 30.4 Å². The van der Waals surface area contributed by atoms with Gasteiger partial charge in [0, 0.05) is 31.2 Å². The van der Waals surface area contributed by atoms with E-state index in [1.807, 2.05) is 7.05 Å². The summed E-state index contributed by atoms with van der Waals surface area (Å²) >= 11 is 0. The van der Waals surface area contributed by atoms with E-state index in [1.54, 1.807) is 0 Å². The van der Waals surface area contributed by atoms with Gasteiger partial charge < -0.3 is 15.1 Å². The highest BCUT2D eigenvalue weighted by molar-refractivity contribution is 5.75. The van der Waals surface area contributed by atoms with Crippen LogP contribution in [0.4, 0.5) is 13.2 Å². The SMILES string of the molecule is Cc1cc(C(F)(F)F)nc(CNC(=O)CCN(C)[C@H]2CCN(C)C2)n1. The molecule has 1 N–H and O–H groups in total. The van der Waals surface area contributed by atoms with Gasteiger partial charge in [-0.05, 0) is 40.1 Å². The summed E-state index contributed by atoms with van der Waals surface area (Å²) in [5, 5.41) is 2.59. The number of aromatic nitrogens is 2. The Bertz CT molecular complexity index is 608. The number of nitrogens with zero attached hydrogens (tertiary/aromatic N) is 4. The summed E-state index contributed by atoms with van der Waals surface area (Å²) in [5.41, 5.74) is -0.772. The summed E-state index contributed by atoms with van der Waals surface area (Å²) in [7, 11) is 4.05. The second-order valence-electron chi connectivity index (χ2n) is 6.52. The van der Waals surface area contributed by atoms with Gasteiger partial charge in [-0.1, -0.05) is 0 Å². The molecule has 2 rings (SSSR count). The van der Waals surface area contributed by atoms with Crippen molar-refractivity contribution in [1.29, 1.82) is 0 Å². The van der Waals surface area contributed by atoms with Crippen LogP contribution in [0, 0.1) is 6.92 Å². The van der Waals surface area contributed by atoms with Crippen molar-refractivity contribution in [2.24, 2.45) is 0 Å². The molecule has 1 saturated heterocycles. The van der Waals surface area contributed by atoms with Gasteiger partial charge in [0.1, 0.15) is 11.5 Å². The number of amides is 1. The summed E-state index contributed by atoms with van der Waals surface area (Å²) < 4.78 is 38.2. The Morgan fingerprint density at radius 3 is 2.76 bits per heavy atom. The summed E-state index contributed by atoms with van der Waals surface area (Å²) in [5.74, 6) is -0.261. The molecule has 140 valence electrons. The molecule has 1 aliphatic heterocycles. The quantitative estimate of drug-likeness (QED) is 0.833. The molecular weight excluding hydrogens is 335 g/mol. The van der Waals surface area contributed by atoms with Gasteiger partial charge in [-0.2, -0.15) is 13.2 Å². The van der Waals surface area contributed by atoms with Crippen molar-refractivity contribution in [3.8, 4) is 0 Å². The number of halogens is 3. The first-order valence-corrected chi connectivity index (χ1v) is 8.22. The van der Waals surface area contributed by atoms with E-state index >= 15 is 0 Å². The molecule has 0 unspecified atom stereocenters. The lowest BCUT2D eigenvalue weighted by molar-refractivity contribution is -0.141. The Balaban J connectivity index is 1.81. The maximum absolute atomic E-state index is 12.7. The molecular formula is C16H24F3N5O. The minimum Gasteiger partial charge on any atom is -0.349 e. The van der Waals surface area contributed by atoms with Crippen molar-refractivity contribution in [2.45, 2.75) is 38.5 Å². The monoisotopic (exact) mass is 359 g/mol. The number of alkyl halides is 3. The maximum atomic E-state index is 12.7. The van der Waals surface area contributed by atoms with Crippen LogP contribution >= 0.6 is 0 Å². The number of likely N-dealkylation sites (N-methyl/N-ethyl adjacent to an activating group) is 2. The molecule has 0 bridgehead atoms. The minimum atomic E-state index is -4.52. The second-order valence-corrected chi connectivity index (χ2v) is 6.52. The number of likely N-dealkylation sites (tertiary alicyclic amines) is 1. The molecule has 1 aromatic rings. The maximum Gasteiger partial charge on any atom is 0.433 e. The molecule has 1 aliphatic rings. The van der Waals surface area contributed by atoms with E-state index in [0.29, 0.717) is 12.6 Å². The standard InChI is InChI=1S/C16H24F3N5O/c1-11-8-13(16(17,18)19)22-14(21-11)9-20-15(25)5-7-24(3)12-4-6-23(2)10-12/h8,12H,4-7,9-10H2,1-3H3,(H,20,25)/t12-/m0/s1. The summed E-state index contributed by atoms with van der Waals surface area (Å²) in [4.78, 5) is 23.8. The van der Waals surface area contributed by atoms with Crippen LogP contribution in [-0.4, -0.2) is 65.4 Å². The van der Waals surface area contributed by atoms with E-state index in [4.69, 9.17) is 0 Å². The van der Waals surface area contributed by atoms with E-state index in [0.717, 1.165) is 25.6 Å². The van der Waals surface area contributed by atoms with Crippen LogP contribution in [0.3, 0.4) is 0 Å². The number of rotatable bonds is 6. The summed E-state index contributed by atoms with van der Waals surface area (Å²) in [6, 6.07) is 1.33. The molecule has 1 amide bonds. The zero-order valence-corrected chi connectivity index (χ0v) is 14.7. The van der Waals surface area contributed by atoms with Crippen LogP contribution in [0.25, 0.3) is 0 Å². The van der Waals surface area contributed by atoms with Gasteiger partial charge in [-0.15, -0.1) is 0 Å². The fraction of sp³-hybridized carbons (Fsp3) is 0.688. The smallest absolute Gasteiger partial charge is 0.349 e. The number of carbonyl (C=O) groups excluding carboxylic acids is 1. The normalized spacial score (nSPS) is 18.8. The summed E-state index contributed by atoms with van der Waals surface area (Å²) in [6.45, 7) is 3.99. The van der Waals surface area contributed by atoms with Crippen LogP contribution < -0.4 is 5.32 Å². The van der Waals surface area contributed by atoms with Crippen molar-refractivity contribution >= 4 is 5.91 Å². The van der Waals surface area contributed by atoms with E-state index in [9.17, 15) is 18.0 Å². The largest absolute Gasteiger partial charge is 0.433 e. The first-order valence-electron chi connectivity index (χ1n) is 8.22. The molecule has 25 heavy (non-hydrogen) atoms. The Labute approximate surface area is 145 Å². The van der Waals surface area contributed by atoms with Gasteiger partial charge in [0.25, 0.3) is 0 Å². The van der Waals surface area contributed by atoms with Gasteiger partial charge in [0.2, 0.25) is 5.91 Å². The van der Waals surface area contributed by atoms with Crippen LogP contribution in [0.1, 0.15) is 30.1 Å². The first-order chi connectivity index (χ1) is 11.6. The molecule has 9 heteroatoms. The van der Waals surface area contributed by atoms with Crippen LogP contribution in [0.5, 0.6) is 0 Å². The topological polar surface area (TPSA) is 61.4 Å². The minimum absolute atomic E-state index is 0.0357. The third-order valence-electron chi connectivity index (χ3n) is 4.32. The van der Waals surface area contributed by atoms with Gasteiger partial charge in [-0.3, -0.25) is 4.79 Å². The Morgan fingerprint density at radius 1 is 1.44 bits per heavy atom. The van der Waals surface area contributed by atoms with E-state index in [2.05, 4.69) is 32.1 Å². The van der Waals surface area contributed by atoms with Crippen molar-refractivity contribution in [1.82, 2.24) is 25.1 Å². The average molecular weight is 359 g/mol. The first kappa shape index (κ1) is 19.6. The van der Waals surface area contributed by atoms with Gasteiger partial charge in [-0.25, -0.2) is 9.97 Å². The molecule has 0 saturated carbocycles. The van der Waals surface area contributed by atoms with Gasteiger partial charge in [0.15, 0.2) is 0 Å². The van der Waals surface area contributed by atoms with E-state index < -0.39 is 11.9 Å². The number of carbonyl (C=O) groups is 1. The van der Waals surface area contributed by atoms with Gasteiger partial charge in [0.05, 0.1) is 6.54 Å². The predicted octanol–water partition coefficient (Wildman–Crippen LogP) is 1.45. The fourth-order valence-corrected chi connectivity index (χ4v) is 2.85. The number of hydrogen-bond donors (Lipinski definition) is 1. The Morgan fingerprint density at radius 2 is 2.16 bits per heavy atom. The number of aryl methyl sites for hydroxylation is 1. The zero-order valence-electron chi connectivity index (χ0n) is 14.7. The molecule has 2 heterocycles. The lowest BCUT2D eigenvalue weighted by atomic mass is 10.2. The predicted molar refractivity (Wildman–Crippen MR) is 86.8 cm³/mol. The molecule has 6 nitrogen and oxygen atoms in total. The number of nitrogens with one attached hydrogen (secondary N) is 1. The van der Waals surface area contributed by atoms with Crippen LogP contribution in [0.15, 0.2) is 6.07 Å². The van der Waals surface area contributed by atoms with Crippen molar-refractivity contribution in [2.75, 3.05) is 33.7 Å². The van der Waals surface area contributed by atoms with Gasteiger partial charge >= 0.3 is 6.18 Å². The Hall–Kier alpha value is -1.74. The molecule has 1 aromatic heterocycles. The molecule has 1 atom stereocenters. The third-order valence-corrected chi connectivity index (χ3v) is 4.32.